The van der Waals surface area contributed by atoms with Gasteiger partial charge in [0.15, 0.2) is 0 Å². The molecule has 0 aliphatic rings. The Balaban J connectivity index is 2.28. The van der Waals surface area contributed by atoms with Crippen molar-refractivity contribution in [2.24, 2.45) is 0 Å². The van der Waals surface area contributed by atoms with Gasteiger partial charge in [0.2, 0.25) is 0 Å². The van der Waals surface area contributed by atoms with Gasteiger partial charge in [-0.25, -0.2) is 0 Å². The summed E-state index contributed by atoms with van der Waals surface area (Å²) in [6.07, 6.45) is 3.72. The summed E-state index contributed by atoms with van der Waals surface area (Å²) in [5, 5.41) is 0. The predicted molar refractivity (Wildman–Crippen MR) is 84.6 cm³/mol. The standard InChI is InChI=1S/C19H24/c1-4-5-8-16-9-6-11-18(13-16)19-12-7-10-17(14-19)15(2)3/h6-7,9-15H,4-5,8H2,1-3H3. The molecule has 19 heavy (non-hydrogen) atoms. The van der Waals surface area contributed by atoms with E-state index in [-0.39, 0.29) is 0 Å². The van der Waals surface area contributed by atoms with Crippen LogP contribution in [0.1, 0.15) is 50.7 Å². The molecule has 0 atom stereocenters. The second-order valence-corrected chi connectivity index (χ2v) is 5.58. The van der Waals surface area contributed by atoms with E-state index in [1.807, 2.05) is 0 Å². The first-order valence-corrected chi connectivity index (χ1v) is 7.40. The summed E-state index contributed by atoms with van der Waals surface area (Å²) in [6.45, 7) is 6.74. The van der Waals surface area contributed by atoms with Crippen LogP contribution >= 0.6 is 0 Å². The van der Waals surface area contributed by atoms with E-state index in [9.17, 15) is 0 Å². The number of benzene rings is 2. The molecule has 2 aromatic rings. The van der Waals surface area contributed by atoms with Crippen molar-refractivity contribution in [3.05, 3.63) is 59.7 Å². The first kappa shape index (κ1) is 13.9. The second-order valence-electron chi connectivity index (χ2n) is 5.58. The predicted octanol–water partition coefficient (Wildman–Crippen LogP) is 5.82. The van der Waals surface area contributed by atoms with Crippen LogP contribution in [0.3, 0.4) is 0 Å². The fourth-order valence-electron chi connectivity index (χ4n) is 2.36. The van der Waals surface area contributed by atoms with Crippen molar-refractivity contribution < 1.29 is 0 Å². The van der Waals surface area contributed by atoms with Crippen LogP contribution in [-0.2, 0) is 6.42 Å². The van der Waals surface area contributed by atoms with E-state index in [0.29, 0.717) is 5.92 Å². The average Bonchev–Trinajstić information content (AvgIpc) is 2.45. The Hall–Kier alpha value is -1.56. The van der Waals surface area contributed by atoms with Gasteiger partial charge in [-0.3, -0.25) is 0 Å². The van der Waals surface area contributed by atoms with Crippen LogP contribution in [0, 0.1) is 0 Å². The molecule has 2 aromatic carbocycles. The van der Waals surface area contributed by atoms with E-state index >= 15 is 0 Å². The highest BCUT2D eigenvalue weighted by molar-refractivity contribution is 5.65. The highest BCUT2D eigenvalue weighted by Crippen LogP contribution is 2.25. The molecule has 0 fully saturated rings. The van der Waals surface area contributed by atoms with Gasteiger partial charge in [-0.05, 0) is 41.0 Å². The van der Waals surface area contributed by atoms with Crippen LogP contribution in [0.25, 0.3) is 11.1 Å². The van der Waals surface area contributed by atoms with E-state index in [1.165, 1.54) is 41.5 Å². The minimum atomic E-state index is 0.586. The van der Waals surface area contributed by atoms with Crippen LogP contribution in [0.4, 0.5) is 0 Å². The van der Waals surface area contributed by atoms with E-state index < -0.39 is 0 Å². The lowest BCUT2D eigenvalue weighted by atomic mass is 9.96. The minimum absolute atomic E-state index is 0.586. The highest BCUT2D eigenvalue weighted by Gasteiger charge is 2.03. The molecule has 0 radical (unpaired) electrons. The molecular formula is C19H24. The van der Waals surface area contributed by atoms with Crippen molar-refractivity contribution in [2.75, 3.05) is 0 Å². The van der Waals surface area contributed by atoms with Gasteiger partial charge < -0.3 is 0 Å². The van der Waals surface area contributed by atoms with Crippen LogP contribution in [0.5, 0.6) is 0 Å². The number of hydrogen-bond donors (Lipinski definition) is 0. The number of unbranched alkanes of at least 4 members (excludes halogenated alkanes) is 1. The quantitative estimate of drug-likeness (QED) is 0.629. The van der Waals surface area contributed by atoms with E-state index in [4.69, 9.17) is 0 Å². The number of hydrogen-bond acceptors (Lipinski definition) is 0. The average molecular weight is 252 g/mol. The molecule has 0 saturated heterocycles. The molecule has 0 heteroatoms. The Morgan fingerprint density at radius 2 is 1.58 bits per heavy atom. The summed E-state index contributed by atoms with van der Waals surface area (Å²) >= 11 is 0. The van der Waals surface area contributed by atoms with Gasteiger partial charge >= 0.3 is 0 Å². The number of rotatable bonds is 5. The van der Waals surface area contributed by atoms with E-state index in [1.54, 1.807) is 0 Å². The summed E-state index contributed by atoms with van der Waals surface area (Å²) in [6, 6.07) is 17.9. The first-order chi connectivity index (χ1) is 9.20. The molecule has 0 saturated carbocycles. The molecule has 0 N–H and O–H groups in total. The van der Waals surface area contributed by atoms with Crippen molar-refractivity contribution in [2.45, 2.75) is 46.0 Å². The summed E-state index contributed by atoms with van der Waals surface area (Å²) in [7, 11) is 0. The Morgan fingerprint density at radius 3 is 2.26 bits per heavy atom. The maximum Gasteiger partial charge on any atom is -0.0181 e. The third-order valence-electron chi connectivity index (χ3n) is 3.63. The maximum absolute atomic E-state index is 2.34. The van der Waals surface area contributed by atoms with Gasteiger partial charge in [0.1, 0.15) is 0 Å². The lowest BCUT2D eigenvalue weighted by molar-refractivity contribution is 0.795. The first-order valence-electron chi connectivity index (χ1n) is 7.40. The summed E-state index contributed by atoms with van der Waals surface area (Å²) in [4.78, 5) is 0. The molecule has 0 heterocycles. The largest absolute Gasteiger partial charge is 0.0654 e. The lowest BCUT2D eigenvalue weighted by Crippen LogP contribution is -1.89. The van der Waals surface area contributed by atoms with Gasteiger partial charge in [0, 0.05) is 0 Å². The van der Waals surface area contributed by atoms with Gasteiger partial charge in [0.25, 0.3) is 0 Å². The monoisotopic (exact) mass is 252 g/mol. The fraction of sp³-hybridized carbons (Fsp3) is 0.368. The van der Waals surface area contributed by atoms with Crippen molar-refractivity contribution >= 4 is 0 Å². The van der Waals surface area contributed by atoms with Gasteiger partial charge in [-0.1, -0.05) is 75.7 Å². The van der Waals surface area contributed by atoms with Gasteiger partial charge in [-0.15, -0.1) is 0 Å². The highest BCUT2D eigenvalue weighted by atomic mass is 14.1. The molecule has 0 amide bonds. The van der Waals surface area contributed by atoms with Gasteiger partial charge in [0.05, 0.1) is 0 Å². The van der Waals surface area contributed by atoms with Crippen LogP contribution in [-0.4, -0.2) is 0 Å². The second kappa shape index (κ2) is 6.56. The topological polar surface area (TPSA) is 0 Å². The van der Waals surface area contributed by atoms with Crippen LogP contribution in [0.15, 0.2) is 48.5 Å². The van der Waals surface area contributed by atoms with Gasteiger partial charge in [-0.2, -0.15) is 0 Å². The van der Waals surface area contributed by atoms with Crippen molar-refractivity contribution in [1.29, 1.82) is 0 Å². The molecule has 0 bridgehead atoms. The van der Waals surface area contributed by atoms with Crippen molar-refractivity contribution in [3.8, 4) is 11.1 Å². The molecule has 0 aliphatic heterocycles. The molecule has 0 unspecified atom stereocenters. The van der Waals surface area contributed by atoms with Crippen LogP contribution < -0.4 is 0 Å². The molecule has 0 nitrogen and oxygen atoms in total. The number of aryl methyl sites for hydroxylation is 1. The summed E-state index contributed by atoms with van der Waals surface area (Å²) in [5.74, 6) is 0.586. The SMILES string of the molecule is CCCCc1cccc(-c2cccc(C(C)C)c2)c1. The van der Waals surface area contributed by atoms with E-state index in [2.05, 4.69) is 69.3 Å². The smallest absolute Gasteiger partial charge is 0.0181 e. The Labute approximate surface area is 117 Å². The Kier molecular flexibility index (Phi) is 4.79. The molecule has 2 rings (SSSR count). The van der Waals surface area contributed by atoms with E-state index in [0.717, 1.165) is 0 Å². The molecule has 0 aliphatic carbocycles. The molecule has 100 valence electrons. The molecular weight excluding hydrogens is 228 g/mol. The normalized spacial score (nSPS) is 10.9. The zero-order valence-corrected chi connectivity index (χ0v) is 12.3. The lowest BCUT2D eigenvalue weighted by Gasteiger charge is -2.09. The third kappa shape index (κ3) is 3.70. The van der Waals surface area contributed by atoms with Crippen molar-refractivity contribution in [3.63, 3.8) is 0 Å². The van der Waals surface area contributed by atoms with Crippen LogP contribution in [0.2, 0.25) is 0 Å². The van der Waals surface area contributed by atoms with Crippen molar-refractivity contribution in [1.82, 2.24) is 0 Å². The minimum Gasteiger partial charge on any atom is -0.0654 e. The Morgan fingerprint density at radius 1 is 0.895 bits per heavy atom. The summed E-state index contributed by atoms with van der Waals surface area (Å²) < 4.78 is 0. The summed E-state index contributed by atoms with van der Waals surface area (Å²) in [5.41, 5.74) is 5.55. The third-order valence-corrected chi connectivity index (χ3v) is 3.63. The molecule has 0 aromatic heterocycles. The maximum atomic E-state index is 2.34. The Bertz CT molecular complexity index is 523. The molecule has 0 spiro atoms. The zero-order valence-electron chi connectivity index (χ0n) is 12.3. The zero-order chi connectivity index (χ0) is 13.7. The fourth-order valence-corrected chi connectivity index (χ4v) is 2.36.